The van der Waals surface area contributed by atoms with E-state index in [-0.39, 0.29) is 35.9 Å². The second-order valence-electron chi connectivity index (χ2n) is 5.80. The molecule has 0 aliphatic carbocycles. The average Bonchev–Trinajstić information content (AvgIpc) is 2.76. The molecule has 2 aliphatic rings. The summed E-state index contributed by atoms with van der Waals surface area (Å²) in [4.78, 5) is 12.0. The number of nitrogens with two attached hydrogens (primary N) is 1. The Morgan fingerprint density at radius 1 is 1.53 bits per heavy atom. The van der Waals surface area contributed by atoms with Crippen LogP contribution in [0.1, 0.15) is 33.1 Å². The Hall–Kier alpha value is 0.0300. The van der Waals surface area contributed by atoms with Crippen LogP contribution in [0.15, 0.2) is 0 Å². The van der Waals surface area contributed by atoms with E-state index < -0.39 is 6.04 Å². The molecule has 19 heavy (non-hydrogen) atoms. The number of carbonyl (C=O) groups excluding carboxylic acids is 1. The Morgan fingerprint density at radius 3 is 2.84 bits per heavy atom. The quantitative estimate of drug-likeness (QED) is 0.830. The van der Waals surface area contributed by atoms with Crippen LogP contribution in [0.25, 0.3) is 0 Å². The SMILES string of the molecule is CC(C)[C@H](N)C(=O)NC1CCOC2(CCSC2)C1.Cl. The lowest BCUT2D eigenvalue weighted by Gasteiger charge is -2.38. The molecule has 2 fully saturated rings. The molecule has 6 heteroatoms. The summed E-state index contributed by atoms with van der Waals surface area (Å²) < 4.78 is 5.94. The highest BCUT2D eigenvalue weighted by Crippen LogP contribution is 2.38. The molecule has 3 atom stereocenters. The molecule has 0 radical (unpaired) electrons. The van der Waals surface area contributed by atoms with Gasteiger partial charge in [-0.3, -0.25) is 4.79 Å². The standard InChI is InChI=1S/C13H24N2O2S.ClH/c1-9(2)11(14)12(16)15-10-3-5-17-13(7-10)4-6-18-8-13;/h9-11H,3-8,14H2,1-2H3,(H,15,16);1H/t10?,11-,13?;/m0./s1. The van der Waals surface area contributed by atoms with Crippen molar-refractivity contribution in [3.63, 3.8) is 0 Å². The zero-order chi connectivity index (χ0) is 13.2. The van der Waals surface area contributed by atoms with Crippen LogP contribution in [-0.2, 0) is 9.53 Å². The van der Waals surface area contributed by atoms with Crippen LogP contribution in [0, 0.1) is 5.92 Å². The van der Waals surface area contributed by atoms with E-state index in [0.29, 0.717) is 0 Å². The molecule has 0 saturated carbocycles. The van der Waals surface area contributed by atoms with Gasteiger partial charge in [-0.2, -0.15) is 11.8 Å². The molecule has 4 nitrogen and oxygen atoms in total. The molecule has 0 aromatic rings. The molecular weight excluding hydrogens is 284 g/mol. The summed E-state index contributed by atoms with van der Waals surface area (Å²) in [5, 5.41) is 3.10. The fraction of sp³-hybridized carbons (Fsp3) is 0.923. The zero-order valence-corrected chi connectivity index (χ0v) is 13.3. The molecule has 2 aliphatic heterocycles. The molecule has 0 aromatic heterocycles. The molecule has 2 saturated heterocycles. The lowest BCUT2D eigenvalue weighted by atomic mass is 9.89. The number of halogens is 1. The number of amides is 1. The van der Waals surface area contributed by atoms with E-state index in [4.69, 9.17) is 10.5 Å². The van der Waals surface area contributed by atoms with Crippen molar-refractivity contribution in [3.8, 4) is 0 Å². The normalized spacial score (nSPS) is 32.1. The Balaban J connectivity index is 0.00000180. The summed E-state index contributed by atoms with van der Waals surface area (Å²) in [6, 6.07) is -0.170. The molecule has 0 aromatic carbocycles. The second-order valence-corrected chi connectivity index (χ2v) is 6.91. The smallest absolute Gasteiger partial charge is 0.237 e. The van der Waals surface area contributed by atoms with Gasteiger partial charge in [0.1, 0.15) is 0 Å². The van der Waals surface area contributed by atoms with Crippen LogP contribution in [0.2, 0.25) is 0 Å². The highest BCUT2D eigenvalue weighted by atomic mass is 35.5. The molecule has 112 valence electrons. The van der Waals surface area contributed by atoms with Gasteiger partial charge in [0.2, 0.25) is 5.91 Å². The number of hydrogen-bond donors (Lipinski definition) is 2. The predicted molar refractivity (Wildman–Crippen MR) is 81.9 cm³/mol. The predicted octanol–water partition coefficient (Wildman–Crippen LogP) is 1.56. The van der Waals surface area contributed by atoms with Gasteiger partial charge in [-0.1, -0.05) is 13.8 Å². The van der Waals surface area contributed by atoms with E-state index >= 15 is 0 Å². The van der Waals surface area contributed by atoms with Crippen molar-refractivity contribution in [1.29, 1.82) is 0 Å². The van der Waals surface area contributed by atoms with Crippen molar-refractivity contribution in [2.45, 2.75) is 50.8 Å². The number of ether oxygens (including phenoxy) is 1. The summed E-state index contributed by atoms with van der Waals surface area (Å²) in [5.41, 5.74) is 5.89. The molecular formula is C13H25ClN2O2S. The molecule has 1 spiro atoms. The zero-order valence-electron chi connectivity index (χ0n) is 11.7. The minimum Gasteiger partial charge on any atom is -0.374 e. The fourth-order valence-corrected chi connectivity index (χ4v) is 3.99. The Labute approximate surface area is 126 Å². The average molecular weight is 309 g/mol. The molecule has 2 unspecified atom stereocenters. The molecule has 0 bridgehead atoms. The van der Waals surface area contributed by atoms with Crippen LogP contribution < -0.4 is 11.1 Å². The van der Waals surface area contributed by atoms with Crippen LogP contribution in [0.5, 0.6) is 0 Å². The third-order valence-electron chi connectivity index (χ3n) is 3.93. The fourth-order valence-electron chi connectivity index (χ4n) is 2.61. The second kappa shape index (κ2) is 7.16. The van der Waals surface area contributed by atoms with Crippen molar-refractivity contribution in [2.75, 3.05) is 18.1 Å². The molecule has 1 amide bonds. The van der Waals surface area contributed by atoms with E-state index in [9.17, 15) is 4.79 Å². The first kappa shape index (κ1) is 17.1. The van der Waals surface area contributed by atoms with Gasteiger partial charge in [-0.25, -0.2) is 0 Å². The summed E-state index contributed by atoms with van der Waals surface area (Å²) in [6.07, 6.45) is 2.96. The first-order valence-electron chi connectivity index (χ1n) is 6.80. The van der Waals surface area contributed by atoms with Gasteiger partial charge >= 0.3 is 0 Å². The van der Waals surface area contributed by atoms with Crippen LogP contribution in [0.4, 0.5) is 0 Å². The number of hydrogen-bond acceptors (Lipinski definition) is 4. The first-order chi connectivity index (χ1) is 8.52. The van der Waals surface area contributed by atoms with E-state index in [1.165, 1.54) is 5.75 Å². The van der Waals surface area contributed by atoms with Crippen LogP contribution in [-0.4, -0.2) is 41.7 Å². The van der Waals surface area contributed by atoms with E-state index in [1.54, 1.807) is 0 Å². The Kier molecular flexibility index (Phi) is 6.43. The Morgan fingerprint density at radius 2 is 2.26 bits per heavy atom. The third kappa shape index (κ3) is 4.25. The maximum atomic E-state index is 12.0. The lowest BCUT2D eigenvalue weighted by Crippen LogP contribution is -2.53. The van der Waals surface area contributed by atoms with Gasteiger partial charge in [0.15, 0.2) is 0 Å². The number of rotatable bonds is 3. The van der Waals surface area contributed by atoms with E-state index in [2.05, 4.69) is 5.32 Å². The van der Waals surface area contributed by atoms with Crippen molar-refractivity contribution in [2.24, 2.45) is 11.7 Å². The van der Waals surface area contributed by atoms with Gasteiger partial charge in [-0.05, 0) is 30.9 Å². The van der Waals surface area contributed by atoms with Gasteiger partial charge in [0.25, 0.3) is 0 Å². The summed E-state index contributed by atoms with van der Waals surface area (Å²) in [6.45, 7) is 4.70. The third-order valence-corrected chi connectivity index (χ3v) is 5.15. The van der Waals surface area contributed by atoms with E-state index in [0.717, 1.165) is 31.6 Å². The van der Waals surface area contributed by atoms with Gasteiger partial charge in [0, 0.05) is 18.4 Å². The van der Waals surface area contributed by atoms with Crippen LogP contribution >= 0.6 is 24.2 Å². The number of carbonyl (C=O) groups is 1. The van der Waals surface area contributed by atoms with Crippen molar-refractivity contribution < 1.29 is 9.53 Å². The highest BCUT2D eigenvalue weighted by Gasteiger charge is 2.41. The number of nitrogens with one attached hydrogen (secondary N) is 1. The first-order valence-corrected chi connectivity index (χ1v) is 7.95. The minimum atomic E-state index is -0.401. The summed E-state index contributed by atoms with van der Waals surface area (Å²) in [7, 11) is 0. The van der Waals surface area contributed by atoms with Crippen LogP contribution in [0.3, 0.4) is 0 Å². The summed E-state index contributed by atoms with van der Waals surface area (Å²) >= 11 is 1.95. The number of thioether (sulfide) groups is 1. The topological polar surface area (TPSA) is 64.4 Å². The molecule has 3 N–H and O–H groups in total. The monoisotopic (exact) mass is 308 g/mol. The Bertz CT molecular complexity index is 309. The molecule has 2 heterocycles. The lowest BCUT2D eigenvalue weighted by molar-refractivity contribution is -0.126. The van der Waals surface area contributed by atoms with Crippen molar-refractivity contribution >= 4 is 30.1 Å². The minimum absolute atomic E-state index is 0. The van der Waals surface area contributed by atoms with Crippen molar-refractivity contribution in [1.82, 2.24) is 5.32 Å². The van der Waals surface area contributed by atoms with E-state index in [1.807, 2.05) is 25.6 Å². The summed E-state index contributed by atoms with van der Waals surface area (Å²) in [5.74, 6) is 2.40. The van der Waals surface area contributed by atoms with Gasteiger partial charge in [-0.15, -0.1) is 12.4 Å². The highest BCUT2D eigenvalue weighted by molar-refractivity contribution is 7.99. The molecule has 2 rings (SSSR count). The van der Waals surface area contributed by atoms with Crippen molar-refractivity contribution in [3.05, 3.63) is 0 Å². The maximum Gasteiger partial charge on any atom is 0.237 e. The maximum absolute atomic E-state index is 12.0. The largest absolute Gasteiger partial charge is 0.374 e. The van der Waals surface area contributed by atoms with Gasteiger partial charge in [0.05, 0.1) is 11.6 Å². The van der Waals surface area contributed by atoms with Gasteiger partial charge < -0.3 is 15.8 Å².